The van der Waals surface area contributed by atoms with Crippen molar-refractivity contribution < 1.29 is 14.6 Å². The second-order valence-corrected chi connectivity index (χ2v) is 5.94. The Balaban J connectivity index is 1.49. The number of hydrogen-bond donors (Lipinski definition) is 1. The molecule has 0 aliphatic carbocycles. The van der Waals surface area contributed by atoms with Gasteiger partial charge < -0.3 is 14.6 Å². The molecule has 3 heterocycles. The highest BCUT2D eigenvalue weighted by Crippen LogP contribution is 2.26. The number of ether oxygens (including phenoxy) is 2. The molecule has 3 aromatic rings. The number of morpholine rings is 1. The lowest BCUT2D eigenvalue weighted by Gasteiger charge is -2.26. The number of phenols is 1. The molecule has 0 atom stereocenters. The van der Waals surface area contributed by atoms with Crippen molar-refractivity contribution in [2.75, 3.05) is 39.5 Å². The van der Waals surface area contributed by atoms with Gasteiger partial charge in [0.2, 0.25) is 5.88 Å². The van der Waals surface area contributed by atoms with Crippen LogP contribution < -0.4 is 4.74 Å². The number of hydrogen-bond acceptors (Lipinski definition) is 6. The first-order chi connectivity index (χ1) is 12.3. The van der Waals surface area contributed by atoms with Crippen LogP contribution >= 0.6 is 0 Å². The third-order valence-corrected chi connectivity index (χ3v) is 4.28. The summed E-state index contributed by atoms with van der Waals surface area (Å²) >= 11 is 0. The standard InChI is InChI=1S/C18H20N4O3/c23-15-3-1-14(2-4-15)16-13-19-22-6-5-17(20-18(16)22)25-12-9-21-7-10-24-11-8-21/h1-6,13,23H,7-12H2. The Hall–Kier alpha value is -2.64. The molecule has 0 unspecified atom stereocenters. The monoisotopic (exact) mass is 340 g/mol. The maximum atomic E-state index is 9.45. The molecule has 25 heavy (non-hydrogen) atoms. The van der Waals surface area contributed by atoms with Gasteiger partial charge in [-0.15, -0.1) is 0 Å². The minimum absolute atomic E-state index is 0.236. The number of rotatable bonds is 5. The summed E-state index contributed by atoms with van der Waals surface area (Å²) in [5, 5.41) is 13.8. The van der Waals surface area contributed by atoms with E-state index in [9.17, 15) is 5.11 Å². The van der Waals surface area contributed by atoms with Crippen LogP contribution in [0.5, 0.6) is 11.6 Å². The number of aromatic nitrogens is 3. The van der Waals surface area contributed by atoms with Crippen LogP contribution in [0.4, 0.5) is 0 Å². The van der Waals surface area contributed by atoms with Gasteiger partial charge in [0.25, 0.3) is 0 Å². The Morgan fingerprint density at radius 1 is 1.12 bits per heavy atom. The summed E-state index contributed by atoms with van der Waals surface area (Å²) in [6.07, 6.45) is 3.61. The Bertz CT molecular complexity index is 841. The second-order valence-electron chi connectivity index (χ2n) is 5.94. The molecule has 0 bridgehead atoms. The zero-order valence-corrected chi connectivity index (χ0v) is 13.8. The number of benzene rings is 1. The first kappa shape index (κ1) is 15.9. The Morgan fingerprint density at radius 2 is 1.92 bits per heavy atom. The molecule has 0 saturated carbocycles. The lowest BCUT2D eigenvalue weighted by atomic mass is 10.1. The molecule has 0 amide bonds. The van der Waals surface area contributed by atoms with Gasteiger partial charge in [-0.05, 0) is 17.7 Å². The van der Waals surface area contributed by atoms with Crippen LogP contribution in [-0.4, -0.2) is 64.1 Å². The van der Waals surface area contributed by atoms with Crippen molar-refractivity contribution in [3.05, 3.63) is 42.7 Å². The molecule has 130 valence electrons. The van der Waals surface area contributed by atoms with Crippen LogP contribution in [0, 0.1) is 0 Å². The molecule has 1 N–H and O–H groups in total. The second kappa shape index (κ2) is 7.08. The molecule has 4 rings (SSSR count). The summed E-state index contributed by atoms with van der Waals surface area (Å²) in [5.41, 5.74) is 2.58. The topological polar surface area (TPSA) is 72.1 Å². The van der Waals surface area contributed by atoms with Crippen molar-refractivity contribution in [3.63, 3.8) is 0 Å². The van der Waals surface area contributed by atoms with E-state index >= 15 is 0 Å². The smallest absolute Gasteiger partial charge is 0.216 e. The van der Waals surface area contributed by atoms with Crippen molar-refractivity contribution in [1.82, 2.24) is 19.5 Å². The molecular formula is C18H20N4O3. The average Bonchev–Trinajstić information content (AvgIpc) is 3.07. The van der Waals surface area contributed by atoms with E-state index < -0.39 is 0 Å². The van der Waals surface area contributed by atoms with Gasteiger partial charge in [-0.25, -0.2) is 4.52 Å². The third-order valence-electron chi connectivity index (χ3n) is 4.28. The third kappa shape index (κ3) is 3.57. The van der Waals surface area contributed by atoms with Crippen molar-refractivity contribution in [1.29, 1.82) is 0 Å². The fourth-order valence-electron chi connectivity index (χ4n) is 2.88. The summed E-state index contributed by atoms with van der Waals surface area (Å²) in [5.74, 6) is 0.821. The number of fused-ring (bicyclic) bond motifs is 1. The molecule has 2 aromatic heterocycles. The maximum absolute atomic E-state index is 9.45. The summed E-state index contributed by atoms with van der Waals surface area (Å²) in [4.78, 5) is 6.91. The molecular weight excluding hydrogens is 320 g/mol. The van der Waals surface area contributed by atoms with Gasteiger partial charge in [0.1, 0.15) is 12.4 Å². The fourth-order valence-corrected chi connectivity index (χ4v) is 2.88. The average molecular weight is 340 g/mol. The van der Waals surface area contributed by atoms with Crippen LogP contribution in [0.15, 0.2) is 42.7 Å². The highest BCUT2D eigenvalue weighted by atomic mass is 16.5. The highest BCUT2D eigenvalue weighted by Gasteiger charge is 2.12. The predicted octanol–water partition coefficient (Wildman–Crippen LogP) is 1.81. The summed E-state index contributed by atoms with van der Waals surface area (Å²) in [6.45, 7) is 4.92. The van der Waals surface area contributed by atoms with E-state index in [0.29, 0.717) is 12.5 Å². The predicted molar refractivity (Wildman–Crippen MR) is 92.8 cm³/mol. The van der Waals surface area contributed by atoms with Crippen molar-refractivity contribution >= 4 is 5.65 Å². The zero-order valence-electron chi connectivity index (χ0n) is 13.8. The van der Waals surface area contributed by atoms with Crippen LogP contribution in [-0.2, 0) is 4.74 Å². The Labute approximate surface area is 145 Å². The summed E-state index contributed by atoms with van der Waals surface area (Å²) in [7, 11) is 0. The van der Waals surface area contributed by atoms with E-state index in [2.05, 4.69) is 15.0 Å². The summed E-state index contributed by atoms with van der Waals surface area (Å²) in [6, 6.07) is 8.82. The highest BCUT2D eigenvalue weighted by molar-refractivity contribution is 5.77. The first-order valence-electron chi connectivity index (χ1n) is 8.36. The lowest BCUT2D eigenvalue weighted by Crippen LogP contribution is -2.38. The van der Waals surface area contributed by atoms with Crippen LogP contribution in [0.3, 0.4) is 0 Å². The van der Waals surface area contributed by atoms with Crippen molar-refractivity contribution in [2.24, 2.45) is 0 Å². The van der Waals surface area contributed by atoms with Crippen LogP contribution in [0.2, 0.25) is 0 Å². The molecule has 1 aliphatic heterocycles. The SMILES string of the molecule is Oc1ccc(-c2cnn3ccc(OCCN4CCOCC4)nc23)cc1. The van der Waals surface area contributed by atoms with Gasteiger partial charge >= 0.3 is 0 Å². The Morgan fingerprint density at radius 3 is 2.72 bits per heavy atom. The van der Waals surface area contributed by atoms with Crippen LogP contribution in [0.1, 0.15) is 0 Å². The molecule has 7 heteroatoms. The first-order valence-corrected chi connectivity index (χ1v) is 8.36. The van der Waals surface area contributed by atoms with Gasteiger partial charge in [-0.1, -0.05) is 12.1 Å². The minimum Gasteiger partial charge on any atom is -0.508 e. The Kier molecular flexibility index (Phi) is 4.49. The maximum Gasteiger partial charge on any atom is 0.216 e. The largest absolute Gasteiger partial charge is 0.508 e. The van der Waals surface area contributed by atoms with E-state index in [-0.39, 0.29) is 5.75 Å². The lowest BCUT2D eigenvalue weighted by molar-refractivity contribution is 0.0320. The fraction of sp³-hybridized carbons (Fsp3) is 0.333. The summed E-state index contributed by atoms with van der Waals surface area (Å²) < 4.78 is 12.9. The quantitative estimate of drug-likeness (QED) is 0.764. The number of aromatic hydroxyl groups is 1. The van der Waals surface area contributed by atoms with Gasteiger partial charge in [0, 0.05) is 37.5 Å². The number of phenolic OH excluding ortho intramolecular Hbond substituents is 1. The normalized spacial score (nSPS) is 15.5. The zero-order chi connectivity index (χ0) is 17.1. The van der Waals surface area contributed by atoms with E-state index in [1.807, 2.05) is 24.4 Å². The van der Waals surface area contributed by atoms with E-state index in [4.69, 9.17) is 9.47 Å². The number of nitrogens with zero attached hydrogens (tertiary/aromatic N) is 4. The van der Waals surface area contributed by atoms with Gasteiger partial charge in [-0.2, -0.15) is 10.1 Å². The van der Waals surface area contributed by atoms with Crippen LogP contribution in [0.25, 0.3) is 16.8 Å². The molecule has 0 radical (unpaired) electrons. The van der Waals surface area contributed by atoms with Gasteiger partial charge in [-0.3, -0.25) is 4.90 Å². The van der Waals surface area contributed by atoms with E-state index in [0.717, 1.165) is 49.6 Å². The molecule has 0 spiro atoms. The molecule has 1 fully saturated rings. The molecule has 1 aromatic carbocycles. The van der Waals surface area contributed by atoms with Crippen molar-refractivity contribution in [2.45, 2.75) is 0 Å². The van der Waals surface area contributed by atoms with Gasteiger partial charge in [0.15, 0.2) is 5.65 Å². The van der Waals surface area contributed by atoms with E-state index in [1.54, 1.807) is 22.8 Å². The van der Waals surface area contributed by atoms with Crippen molar-refractivity contribution in [3.8, 4) is 22.8 Å². The molecule has 7 nitrogen and oxygen atoms in total. The van der Waals surface area contributed by atoms with Gasteiger partial charge in [0.05, 0.1) is 19.4 Å². The van der Waals surface area contributed by atoms with E-state index in [1.165, 1.54) is 0 Å². The minimum atomic E-state index is 0.236. The molecule has 1 saturated heterocycles. The molecule has 1 aliphatic rings.